The van der Waals surface area contributed by atoms with Crippen LogP contribution in [0.25, 0.3) is 0 Å². The number of amides is 1. The number of hydrogen-bond acceptors (Lipinski definition) is 3. The van der Waals surface area contributed by atoms with Crippen LogP contribution in [0, 0.1) is 5.92 Å². The van der Waals surface area contributed by atoms with Gasteiger partial charge in [0.1, 0.15) is 0 Å². The average Bonchev–Trinajstić information content (AvgIpc) is 2.02. The SMILES string of the molecule is CC(O)CCNC(=O)C(N)C(C)C.Cl. The van der Waals surface area contributed by atoms with Gasteiger partial charge in [-0.05, 0) is 19.3 Å². The van der Waals surface area contributed by atoms with E-state index in [1.807, 2.05) is 13.8 Å². The lowest BCUT2D eigenvalue weighted by Crippen LogP contribution is -2.44. The van der Waals surface area contributed by atoms with Gasteiger partial charge in [-0.25, -0.2) is 0 Å². The molecular weight excluding hydrogens is 204 g/mol. The van der Waals surface area contributed by atoms with E-state index in [9.17, 15) is 4.79 Å². The molecule has 0 saturated carbocycles. The molecule has 86 valence electrons. The summed E-state index contributed by atoms with van der Waals surface area (Å²) in [4.78, 5) is 11.2. The van der Waals surface area contributed by atoms with Gasteiger partial charge < -0.3 is 16.2 Å². The van der Waals surface area contributed by atoms with Crippen LogP contribution < -0.4 is 11.1 Å². The Morgan fingerprint density at radius 1 is 1.43 bits per heavy atom. The van der Waals surface area contributed by atoms with E-state index in [-0.39, 0.29) is 30.3 Å². The predicted molar refractivity (Wildman–Crippen MR) is 59.4 cm³/mol. The summed E-state index contributed by atoms with van der Waals surface area (Å²) in [5.41, 5.74) is 5.60. The van der Waals surface area contributed by atoms with Crippen molar-refractivity contribution in [2.75, 3.05) is 6.54 Å². The molecule has 4 nitrogen and oxygen atoms in total. The largest absolute Gasteiger partial charge is 0.393 e. The van der Waals surface area contributed by atoms with Gasteiger partial charge in [0.05, 0.1) is 12.1 Å². The molecule has 0 aliphatic heterocycles. The van der Waals surface area contributed by atoms with E-state index in [0.717, 1.165) is 0 Å². The summed E-state index contributed by atoms with van der Waals surface area (Å²) < 4.78 is 0. The van der Waals surface area contributed by atoms with Gasteiger partial charge in [0.2, 0.25) is 5.91 Å². The number of aliphatic hydroxyl groups is 1. The summed E-state index contributed by atoms with van der Waals surface area (Å²) >= 11 is 0. The van der Waals surface area contributed by atoms with Crippen LogP contribution in [0.1, 0.15) is 27.2 Å². The normalized spacial score (nSPS) is 14.4. The summed E-state index contributed by atoms with van der Waals surface area (Å²) in [5.74, 6) is 0.00204. The summed E-state index contributed by atoms with van der Waals surface area (Å²) in [6.45, 7) is 5.98. The van der Waals surface area contributed by atoms with Crippen molar-refractivity contribution in [3.63, 3.8) is 0 Å². The van der Waals surface area contributed by atoms with E-state index >= 15 is 0 Å². The lowest BCUT2D eigenvalue weighted by molar-refractivity contribution is -0.123. The second kappa shape index (κ2) is 8.03. The molecule has 0 aromatic rings. The highest BCUT2D eigenvalue weighted by Crippen LogP contribution is 1.97. The molecule has 4 N–H and O–H groups in total. The van der Waals surface area contributed by atoms with Gasteiger partial charge in [-0.3, -0.25) is 4.79 Å². The Morgan fingerprint density at radius 3 is 2.29 bits per heavy atom. The number of rotatable bonds is 5. The number of halogens is 1. The number of hydrogen-bond donors (Lipinski definition) is 3. The Morgan fingerprint density at radius 2 is 1.93 bits per heavy atom. The molecule has 14 heavy (non-hydrogen) atoms. The molecule has 2 unspecified atom stereocenters. The maximum Gasteiger partial charge on any atom is 0.237 e. The first-order valence-electron chi connectivity index (χ1n) is 4.66. The summed E-state index contributed by atoms with van der Waals surface area (Å²) in [7, 11) is 0. The van der Waals surface area contributed by atoms with Crippen LogP contribution in [0.4, 0.5) is 0 Å². The molecule has 0 aliphatic carbocycles. The van der Waals surface area contributed by atoms with Gasteiger partial charge in [0.25, 0.3) is 0 Å². The summed E-state index contributed by atoms with van der Waals surface area (Å²) in [5, 5.41) is 11.6. The summed E-state index contributed by atoms with van der Waals surface area (Å²) in [6.07, 6.45) is 0.187. The first kappa shape index (κ1) is 16.1. The number of carbonyl (C=O) groups excluding carboxylic acids is 1. The molecule has 0 aromatic heterocycles. The molecule has 0 rings (SSSR count). The van der Waals surface area contributed by atoms with E-state index < -0.39 is 6.04 Å². The van der Waals surface area contributed by atoms with Gasteiger partial charge in [0.15, 0.2) is 0 Å². The number of carbonyl (C=O) groups is 1. The lowest BCUT2D eigenvalue weighted by Gasteiger charge is -2.15. The van der Waals surface area contributed by atoms with Crippen LogP contribution in [0.2, 0.25) is 0 Å². The minimum atomic E-state index is -0.450. The van der Waals surface area contributed by atoms with Crippen LogP contribution in [-0.2, 0) is 4.79 Å². The molecule has 5 heteroatoms. The quantitative estimate of drug-likeness (QED) is 0.628. The van der Waals surface area contributed by atoms with Crippen molar-refractivity contribution in [2.45, 2.75) is 39.3 Å². The van der Waals surface area contributed by atoms with Crippen LogP contribution in [0.5, 0.6) is 0 Å². The fraction of sp³-hybridized carbons (Fsp3) is 0.889. The van der Waals surface area contributed by atoms with E-state index in [1.54, 1.807) is 6.92 Å². The number of aliphatic hydroxyl groups excluding tert-OH is 1. The Balaban J connectivity index is 0. The third-order valence-electron chi connectivity index (χ3n) is 1.88. The van der Waals surface area contributed by atoms with Crippen LogP contribution in [0.15, 0.2) is 0 Å². The molecular formula is C9H21ClN2O2. The highest BCUT2D eigenvalue weighted by molar-refractivity contribution is 5.85. The highest BCUT2D eigenvalue weighted by atomic mass is 35.5. The summed E-state index contributed by atoms with van der Waals surface area (Å²) in [6, 6.07) is -0.450. The monoisotopic (exact) mass is 224 g/mol. The van der Waals surface area contributed by atoms with Crippen LogP contribution in [-0.4, -0.2) is 29.7 Å². The highest BCUT2D eigenvalue weighted by Gasteiger charge is 2.16. The van der Waals surface area contributed by atoms with Gasteiger partial charge in [-0.2, -0.15) is 0 Å². The maximum atomic E-state index is 11.2. The topological polar surface area (TPSA) is 75.3 Å². The molecule has 0 bridgehead atoms. The smallest absolute Gasteiger partial charge is 0.237 e. The Bertz CT molecular complexity index is 163. The second-order valence-electron chi connectivity index (χ2n) is 3.70. The van der Waals surface area contributed by atoms with Crippen molar-refractivity contribution in [3.8, 4) is 0 Å². The first-order valence-corrected chi connectivity index (χ1v) is 4.66. The first-order chi connectivity index (χ1) is 5.95. The molecule has 0 aromatic carbocycles. The minimum absolute atomic E-state index is 0. The van der Waals surface area contributed by atoms with Crippen molar-refractivity contribution in [2.24, 2.45) is 11.7 Å². The van der Waals surface area contributed by atoms with Crippen molar-refractivity contribution in [1.29, 1.82) is 0 Å². The third kappa shape index (κ3) is 7.12. The van der Waals surface area contributed by atoms with Crippen LogP contribution in [0.3, 0.4) is 0 Å². The molecule has 0 fully saturated rings. The lowest BCUT2D eigenvalue weighted by atomic mass is 10.1. The molecule has 0 heterocycles. The fourth-order valence-corrected chi connectivity index (χ4v) is 0.825. The molecule has 2 atom stereocenters. The van der Waals surface area contributed by atoms with Crippen molar-refractivity contribution >= 4 is 18.3 Å². The zero-order valence-corrected chi connectivity index (χ0v) is 9.80. The predicted octanol–water partition coefficient (Wildman–Crippen LogP) is 0.279. The van der Waals surface area contributed by atoms with Gasteiger partial charge in [0, 0.05) is 6.54 Å². The van der Waals surface area contributed by atoms with Crippen molar-refractivity contribution in [1.82, 2.24) is 5.32 Å². The standard InChI is InChI=1S/C9H20N2O2.ClH/c1-6(2)8(10)9(13)11-5-4-7(3)12;/h6-8,12H,4-5,10H2,1-3H3,(H,11,13);1H. The number of nitrogens with one attached hydrogen (secondary N) is 1. The molecule has 0 spiro atoms. The Kier molecular flexibility index (Phi) is 9.24. The zero-order valence-electron chi connectivity index (χ0n) is 8.99. The van der Waals surface area contributed by atoms with Gasteiger partial charge in [-0.15, -0.1) is 12.4 Å². The van der Waals surface area contributed by atoms with Crippen molar-refractivity contribution in [3.05, 3.63) is 0 Å². The molecule has 1 amide bonds. The van der Waals surface area contributed by atoms with Gasteiger partial charge >= 0.3 is 0 Å². The van der Waals surface area contributed by atoms with Crippen LogP contribution >= 0.6 is 12.4 Å². The molecule has 0 saturated heterocycles. The van der Waals surface area contributed by atoms with E-state index in [1.165, 1.54) is 0 Å². The molecule has 0 aliphatic rings. The zero-order chi connectivity index (χ0) is 10.4. The fourth-order valence-electron chi connectivity index (χ4n) is 0.825. The Labute approximate surface area is 91.7 Å². The van der Waals surface area contributed by atoms with Crippen molar-refractivity contribution < 1.29 is 9.90 Å². The average molecular weight is 225 g/mol. The second-order valence-corrected chi connectivity index (χ2v) is 3.70. The number of nitrogens with two attached hydrogens (primary N) is 1. The van der Waals surface area contributed by atoms with E-state index in [2.05, 4.69) is 5.32 Å². The van der Waals surface area contributed by atoms with E-state index in [0.29, 0.717) is 13.0 Å². The molecule has 0 radical (unpaired) electrons. The van der Waals surface area contributed by atoms with E-state index in [4.69, 9.17) is 10.8 Å². The van der Waals surface area contributed by atoms with Gasteiger partial charge in [-0.1, -0.05) is 13.8 Å². The maximum absolute atomic E-state index is 11.2. The minimum Gasteiger partial charge on any atom is -0.393 e. The third-order valence-corrected chi connectivity index (χ3v) is 1.88. The Hall–Kier alpha value is -0.320.